The Bertz CT molecular complexity index is 1190. The summed E-state index contributed by atoms with van der Waals surface area (Å²) in [7, 11) is 0. The van der Waals surface area contributed by atoms with Gasteiger partial charge in [0.25, 0.3) is 0 Å². The van der Waals surface area contributed by atoms with Crippen LogP contribution in [0.3, 0.4) is 0 Å². The van der Waals surface area contributed by atoms with E-state index >= 15 is 0 Å². The zero-order chi connectivity index (χ0) is 22.6. The van der Waals surface area contributed by atoms with E-state index in [-0.39, 0.29) is 12.4 Å². The molecule has 4 heterocycles. The Balaban J connectivity index is 1.30. The van der Waals surface area contributed by atoms with Gasteiger partial charge in [0.05, 0.1) is 18.7 Å². The summed E-state index contributed by atoms with van der Waals surface area (Å²) in [6, 6.07) is 6.10. The molecule has 1 aliphatic carbocycles. The maximum Gasteiger partial charge on any atom is 0.228 e. The first-order valence-electron chi connectivity index (χ1n) is 11.2. The number of aryl methyl sites for hydroxylation is 1. The third-order valence-electron chi connectivity index (χ3n) is 6.77. The number of rotatable bonds is 5. The van der Waals surface area contributed by atoms with Gasteiger partial charge in [-0.1, -0.05) is 0 Å². The highest BCUT2D eigenvalue weighted by molar-refractivity contribution is 7.91. The summed E-state index contributed by atoms with van der Waals surface area (Å²) in [5.41, 5.74) is 1.96. The van der Waals surface area contributed by atoms with Gasteiger partial charge in [0.2, 0.25) is 16.7 Å². The molecule has 0 spiro atoms. The van der Waals surface area contributed by atoms with Gasteiger partial charge in [-0.25, -0.2) is 14.4 Å². The highest BCUT2D eigenvalue weighted by Crippen LogP contribution is 2.39. The van der Waals surface area contributed by atoms with Crippen LogP contribution in [-0.4, -0.2) is 49.1 Å². The van der Waals surface area contributed by atoms with Crippen LogP contribution in [-0.2, 0) is 30.6 Å². The molecular weight excluding hydrogens is 445 g/mol. The second kappa shape index (κ2) is 7.96. The summed E-state index contributed by atoms with van der Waals surface area (Å²) in [4.78, 5) is 16.9. The lowest BCUT2D eigenvalue weighted by Gasteiger charge is -2.41. The zero-order valence-corrected chi connectivity index (χ0v) is 18.8. The van der Waals surface area contributed by atoms with Crippen LogP contribution >= 0.6 is 0 Å². The van der Waals surface area contributed by atoms with Gasteiger partial charge in [-0.3, -0.25) is 0 Å². The number of hydrogen-bond donors (Lipinski definition) is 2. The average Bonchev–Trinajstić information content (AvgIpc) is 3.39. The fraction of sp³-hybridized carbons (Fsp3) is 0.435. The van der Waals surface area contributed by atoms with Gasteiger partial charge in [-0.05, 0) is 54.7 Å². The molecule has 1 fully saturated rings. The Kier molecular flexibility index (Phi) is 5.04. The van der Waals surface area contributed by atoms with Gasteiger partial charge in [-0.2, -0.15) is 4.98 Å². The summed E-state index contributed by atoms with van der Waals surface area (Å²) in [5.74, 6) is 2.69. The molecule has 0 bridgehead atoms. The molecule has 6 rings (SSSR count). The van der Waals surface area contributed by atoms with E-state index < -0.39 is 16.7 Å². The molecule has 1 aromatic carbocycles. The maximum absolute atomic E-state index is 13.3. The fourth-order valence-corrected chi connectivity index (χ4v) is 5.98. The number of oxazole rings is 1. The Morgan fingerprint density at radius 2 is 1.97 bits per heavy atom. The molecule has 3 aromatic rings. The van der Waals surface area contributed by atoms with Crippen molar-refractivity contribution in [3.63, 3.8) is 0 Å². The van der Waals surface area contributed by atoms with Gasteiger partial charge < -0.3 is 24.3 Å². The number of halogens is 1. The third kappa shape index (κ3) is 3.66. The molecule has 3 aliphatic rings. The normalized spacial score (nSPS) is 20.8. The zero-order valence-electron chi connectivity index (χ0n) is 18.0. The van der Waals surface area contributed by atoms with E-state index in [0.29, 0.717) is 54.2 Å². The maximum atomic E-state index is 13.3. The lowest BCUT2D eigenvalue weighted by Crippen LogP contribution is -2.49. The SMILES string of the molecule is [O-][S@+]1CCc2nc(N3CCc4oc(-c5ccc(F)cc5)nc4C3)nc(NC3(CO)CCC3)c21. The van der Waals surface area contributed by atoms with E-state index in [1.165, 1.54) is 12.1 Å². The third-order valence-corrected chi connectivity index (χ3v) is 8.23. The monoisotopic (exact) mass is 469 g/mol. The topological polar surface area (TPSA) is 110 Å². The molecule has 2 N–H and O–H groups in total. The molecule has 2 aliphatic heterocycles. The number of nitrogens with one attached hydrogen (secondary N) is 1. The highest BCUT2D eigenvalue weighted by atomic mass is 32.2. The average molecular weight is 470 g/mol. The minimum atomic E-state index is -1.13. The standard InChI is InChI=1S/C23H24FN5O3S/c24-15-4-2-14(3-5-15)21-25-17-12-29(10-6-18(17)32-21)22-26-16-7-11-33(31)19(16)20(27-22)28-23(13-30)8-1-9-23/h2-5,30H,1,6-13H2,(H,26,27,28)/t33-/m1/s1. The second-order valence-electron chi connectivity index (χ2n) is 8.93. The molecule has 8 nitrogen and oxygen atoms in total. The summed E-state index contributed by atoms with van der Waals surface area (Å²) in [6.07, 6.45) is 4.08. The van der Waals surface area contributed by atoms with Crippen molar-refractivity contribution in [3.05, 3.63) is 47.2 Å². The largest absolute Gasteiger partial charge is 0.611 e. The van der Waals surface area contributed by atoms with Crippen molar-refractivity contribution in [1.29, 1.82) is 0 Å². The first kappa shape index (κ1) is 20.9. The van der Waals surface area contributed by atoms with Crippen LogP contribution < -0.4 is 10.2 Å². The van der Waals surface area contributed by atoms with Crippen molar-refractivity contribution in [1.82, 2.24) is 15.0 Å². The molecule has 0 unspecified atom stereocenters. The van der Waals surface area contributed by atoms with Crippen LogP contribution in [0.2, 0.25) is 0 Å². The summed E-state index contributed by atoms with van der Waals surface area (Å²) in [6.45, 7) is 1.18. The van der Waals surface area contributed by atoms with E-state index in [4.69, 9.17) is 14.4 Å². The number of aromatic nitrogens is 3. The van der Waals surface area contributed by atoms with Crippen LogP contribution in [0, 0.1) is 5.82 Å². The van der Waals surface area contributed by atoms with E-state index in [1.807, 2.05) is 0 Å². The quantitative estimate of drug-likeness (QED) is 0.549. The summed E-state index contributed by atoms with van der Waals surface area (Å²) >= 11 is -1.13. The number of anilines is 2. The first-order chi connectivity index (χ1) is 16.0. The molecule has 33 heavy (non-hydrogen) atoms. The van der Waals surface area contributed by atoms with Gasteiger partial charge in [-0.15, -0.1) is 0 Å². The molecular formula is C23H24FN5O3S. The molecule has 172 valence electrons. The van der Waals surface area contributed by atoms with Crippen LogP contribution in [0.5, 0.6) is 0 Å². The molecule has 0 amide bonds. The van der Waals surface area contributed by atoms with E-state index in [9.17, 15) is 14.0 Å². The van der Waals surface area contributed by atoms with E-state index in [2.05, 4.69) is 15.2 Å². The molecule has 0 radical (unpaired) electrons. The predicted octanol–water partition coefficient (Wildman–Crippen LogP) is 2.82. The second-order valence-corrected chi connectivity index (χ2v) is 10.4. The number of benzene rings is 1. The fourth-order valence-electron chi connectivity index (χ4n) is 4.67. The Hall–Kier alpha value is -2.69. The Morgan fingerprint density at radius 3 is 2.70 bits per heavy atom. The molecule has 10 heteroatoms. The number of nitrogens with zero attached hydrogens (tertiary/aromatic N) is 4. The van der Waals surface area contributed by atoms with Crippen molar-refractivity contribution in [2.24, 2.45) is 0 Å². The number of fused-ring (bicyclic) bond motifs is 2. The minimum Gasteiger partial charge on any atom is -0.611 e. The number of aliphatic hydroxyl groups is 1. The lowest BCUT2D eigenvalue weighted by molar-refractivity contribution is 0.143. The Labute approximate surface area is 193 Å². The van der Waals surface area contributed by atoms with Crippen molar-refractivity contribution in [2.45, 2.75) is 49.1 Å². The molecule has 1 saturated carbocycles. The lowest BCUT2D eigenvalue weighted by atomic mass is 9.77. The molecule has 1 atom stereocenters. The van der Waals surface area contributed by atoms with Gasteiger partial charge in [0.1, 0.15) is 28.7 Å². The summed E-state index contributed by atoms with van der Waals surface area (Å²) < 4.78 is 31.9. The van der Waals surface area contributed by atoms with E-state index in [1.54, 1.807) is 12.1 Å². The smallest absolute Gasteiger partial charge is 0.228 e. The molecule has 0 saturated heterocycles. The van der Waals surface area contributed by atoms with E-state index in [0.717, 1.165) is 42.0 Å². The van der Waals surface area contributed by atoms with Crippen molar-refractivity contribution in [3.8, 4) is 11.5 Å². The van der Waals surface area contributed by atoms with Crippen LogP contribution in [0.4, 0.5) is 16.2 Å². The van der Waals surface area contributed by atoms with Crippen LogP contribution in [0.15, 0.2) is 33.6 Å². The minimum absolute atomic E-state index is 0.0198. The van der Waals surface area contributed by atoms with Crippen molar-refractivity contribution in [2.75, 3.05) is 29.1 Å². The predicted molar refractivity (Wildman–Crippen MR) is 121 cm³/mol. The first-order valence-corrected chi connectivity index (χ1v) is 12.5. The van der Waals surface area contributed by atoms with Gasteiger partial charge in [0, 0.05) is 24.9 Å². The summed E-state index contributed by atoms with van der Waals surface area (Å²) in [5, 5.41) is 13.3. The van der Waals surface area contributed by atoms with Crippen LogP contribution in [0.1, 0.15) is 36.4 Å². The molecule has 2 aromatic heterocycles. The highest BCUT2D eigenvalue weighted by Gasteiger charge is 2.41. The van der Waals surface area contributed by atoms with Gasteiger partial charge in [0.15, 0.2) is 5.82 Å². The van der Waals surface area contributed by atoms with Gasteiger partial charge >= 0.3 is 0 Å². The number of aliphatic hydroxyl groups excluding tert-OH is 1. The van der Waals surface area contributed by atoms with Crippen molar-refractivity contribution >= 4 is 22.9 Å². The Morgan fingerprint density at radius 1 is 1.15 bits per heavy atom. The number of hydrogen-bond acceptors (Lipinski definition) is 8. The van der Waals surface area contributed by atoms with Crippen LogP contribution in [0.25, 0.3) is 11.5 Å². The van der Waals surface area contributed by atoms with Crippen molar-refractivity contribution < 1.29 is 18.5 Å².